The summed E-state index contributed by atoms with van der Waals surface area (Å²) in [5.41, 5.74) is 0.774. The smallest absolute Gasteiger partial charge is 0.175 e. The molecule has 1 aliphatic rings. The Hall–Kier alpha value is -1.75. The van der Waals surface area contributed by atoms with E-state index in [-0.39, 0.29) is 0 Å². The van der Waals surface area contributed by atoms with Crippen molar-refractivity contribution in [2.75, 3.05) is 11.6 Å². The molecular formula is C16H19NO3S. The summed E-state index contributed by atoms with van der Waals surface area (Å²) in [6.45, 7) is 2.77. The number of sulfone groups is 1. The number of hydrogen-bond acceptors (Lipinski definition) is 4. The fraction of sp³-hybridized carbons (Fsp3) is 0.375. The minimum absolute atomic E-state index is 0.319. The van der Waals surface area contributed by atoms with E-state index < -0.39 is 9.84 Å². The van der Waals surface area contributed by atoms with E-state index in [2.05, 4.69) is 12.2 Å². The van der Waals surface area contributed by atoms with Crippen LogP contribution < -0.4 is 5.32 Å². The Morgan fingerprint density at radius 2 is 2.05 bits per heavy atom. The topological polar surface area (TPSA) is 59.3 Å². The predicted molar refractivity (Wildman–Crippen MR) is 82.1 cm³/mol. The lowest BCUT2D eigenvalue weighted by molar-refractivity contribution is 0.468. The second-order valence-corrected chi connectivity index (χ2v) is 7.79. The van der Waals surface area contributed by atoms with Crippen molar-refractivity contribution in [1.29, 1.82) is 0 Å². The molecule has 1 aromatic carbocycles. The minimum atomic E-state index is -3.18. The molecule has 4 nitrogen and oxygen atoms in total. The van der Waals surface area contributed by atoms with Crippen molar-refractivity contribution in [1.82, 2.24) is 0 Å². The first-order chi connectivity index (χ1) is 9.93. The maximum atomic E-state index is 11.5. The monoisotopic (exact) mass is 305 g/mol. The van der Waals surface area contributed by atoms with Crippen LogP contribution in [0.2, 0.25) is 0 Å². The van der Waals surface area contributed by atoms with E-state index in [4.69, 9.17) is 4.42 Å². The summed E-state index contributed by atoms with van der Waals surface area (Å²) in [6.07, 6.45) is 2.42. The van der Waals surface area contributed by atoms with Gasteiger partial charge in [-0.2, -0.15) is 0 Å². The molecule has 2 aromatic rings. The van der Waals surface area contributed by atoms with Crippen LogP contribution in [-0.4, -0.2) is 14.7 Å². The Kier molecular flexibility index (Phi) is 3.53. The van der Waals surface area contributed by atoms with Crippen LogP contribution in [0, 0.1) is 5.92 Å². The highest BCUT2D eigenvalue weighted by Crippen LogP contribution is 2.47. The second kappa shape index (κ2) is 5.22. The van der Waals surface area contributed by atoms with Gasteiger partial charge in [0.15, 0.2) is 9.84 Å². The molecule has 1 heterocycles. The van der Waals surface area contributed by atoms with Crippen LogP contribution in [0.4, 0.5) is 5.69 Å². The Morgan fingerprint density at radius 3 is 2.71 bits per heavy atom. The SMILES string of the molecule is CC1CC1c1ccc(CNc2cccc(S(C)(=O)=O)c2)o1. The normalized spacial score (nSPS) is 21.2. The fourth-order valence-corrected chi connectivity index (χ4v) is 3.10. The fourth-order valence-electron chi connectivity index (χ4n) is 2.43. The summed E-state index contributed by atoms with van der Waals surface area (Å²) in [4.78, 5) is 0.319. The molecule has 0 saturated heterocycles. The van der Waals surface area contributed by atoms with Gasteiger partial charge in [-0.25, -0.2) is 8.42 Å². The average molecular weight is 305 g/mol. The van der Waals surface area contributed by atoms with E-state index in [9.17, 15) is 8.42 Å². The van der Waals surface area contributed by atoms with Gasteiger partial charge in [-0.3, -0.25) is 0 Å². The number of nitrogens with one attached hydrogen (secondary N) is 1. The van der Waals surface area contributed by atoms with Gasteiger partial charge in [-0.15, -0.1) is 0 Å². The molecule has 0 aliphatic heterocycles. The van der Waals surface area contributed by atoms with Crippen molar-refractivity contribution in [3.63, 3.8) is 0 Å². The van der Waals surface area contributed by atoms with Gasteiger partial charge in [0.2, 0.25) is 0 Å². The van der Waals surface area contributed by atoms with Crippen LogP contribution in [0.15, 0.2) is 45.7 Å². The molecule has 1 aromatic heterocycles. The molecule has 1 saturated carbocycles. The van der Waals surface area contributed by atoms with E-state index in [0.717, 1.165) is 23.1 Å². The average Bonchev–Trinajstić information content (AvgIpc) is 2.99. The van der Waals surface area contributed by atoms with Crippen LogP contribution in [0.25, 0.3) is 0 Å². The molecule has 0 amide bonds. The van der Waals surface area contributed by atoms with Crippen molar-refractivity contribution in [3.05, 3.63) is 47.9 Å². The largest absolute Gasteiger partial charge is 0.464 e. The molecule has 112 valence electrons. The van der Waals surface area contributed by atoms with Crippen LogP contribution in [0.3, 0.4) is 0 Å². The lowest BCUT2D eigenvalue weighted by Gasteiger charge is -2.06. The molecule has 0 bridgehead atoms. The zero-order valence-electron chi connectivity index (χ0n) is 12.2. The zero-order valence-corrected chi connectivity index (χ0v) is 13.0. The minimum Gasteiger partial charge on any atom is -0.464 e. The molecule has 3 rings (SSSR count). The summed E-state index contributed by atoms with van der Waals surface area (Å²) in [5, 5.41) is 3.20. The van der Waals surface area contributed by atoms with Gasteiger partial charge in [0.05, 0.1) is 11.4 Å². The number of benzene rings is 1. The highest BCUT2D eigenvalue weighted by Gasteiger charge is 2.36. The standard InChI is InChI=1S/C16H19NO3S/c1-11-8-15(11)16-7-6-13(20-16)10-17-12-4-3-5-14(9-12)21(2,18)19/h3-7,9,11,15,17H,8,10H2,1-2H3. The van der Waals surface area contributed by atoms with Gasteiger partial charge in [0.1, 0.15) is 11.5 Å². The predicted octanol–water partition coefficient (Wildman–Crippen LogP) is 3.42. The van der Waals surface area contributed by atoms with Gasteiger partial charge in [0, 0.05) is 17.9 Å². The molecule has 2 unspecified atom stereocenters. The maximum Gasteiger partial charge on any atom is 0.175 e. The van der Waals surface area contributed by atoms with Crippen molar-refractivity contribution >= 4 is 15.5 Å². The Bertz CT molecular complexity index is 748. The molecule has 0 radical (unpaired) electrons. The lowest BCUT2D eigenvalue weighted by Crippen LogP contribution is -2.01. The van der Waals surface area contributed by atoms with Crippen molar-refractivity contribution in [3.8, 4) is 0 Å². The third-order valence-electron chi connectivity index (χ3n) is 3.89. The molecule has 1 fully saturated rings. The van der Waals surface area contributed by atoms with Crippen molar-refractivity contribution in [2.45, 2.75) is 30.7 Å². The van der Waals surface area contributed by atoms with Crippen LogP contribution in [0.5, 0.6) is 0 Å². The second-order valence-electron chi connectivity index (χ2n) is 5.78. The van der Waals surface area contributed by atoms with Crippen molar-refractivity contribution in [2.24, 2.45) is 5.92 Å². The number of rotatable bonds is 5. The Balaban J connectivity index is 1.66. The molecule has 5 heteroatoms. The Morgan fingerprint density at radius 1 is 1.29 bits per heavy atom. The number of anilines is 1. The molecule has 1 N–H and O–H groups in total. The van der Waals surface area contributed by atoms with Gasteiger partial charge < -0.3 is 9.73 Å². The Labute approximate surface area is 125 Å². The number of hydrogen-bond donors (Lipinski definition) is 1. The summed E-state index contributed by atoms with van der Waals surface area (Å²) < 4.78 is 28.9. The van der Waals surface area contributed by atoms with E-state index in [1.807, 2.05) is 18.2 Å². The van der Waals surface area contributed by atoms with Gasteiger partial charge in [0.25, 0.3) is 0 Å². The third kappa shape index (κ3) is 3.29. The van der Waals surface area contributed by atoms with Crippen LogP contribution in [0.1, 0.15) is 30.8 Å². The van der Waals surface area contributed by atoms with E-state index in [1.54, 1.807) is 18.2 Å². The maximum absolute atomic E-state index is 11.5. The first kappa shape index (κ1) is 14.2. The molecule has 21 heavy (non-hydrogen) atoms. The van der Waals surface area contributed by atoms with E-state index >= 15 is 0 Å². The van der Waals surface area contributed by atoms with Gasteiger partial charge in [-0.1, -0.05) is 13.0 Å². The molecular weight excluding hydrogens is 286 g/mol. The van der Waals surface area contributed by atoms with E-state index in [0.29, 0.717) is 17.4 Å². The van der Waals surface area contributed by atoms with Crippen LogP contribution in [-0.2, 0) is 16.4 Å². The third-order valence-corrected chi connectivity index (χ3v) is 5.00. The summed E-state index contributed by atoms with van der Waals surface area (Å²) >= 11 is 0. The summed E-state index contributed by atoms with van der Waals surface area (Å²) in [5.74, 6) is 3.23. The van der Waals surface area contributed by atoms with Crippen molar-refractivity contribution < 1.29 is 12.8 Å². The van der Waals surface area contributed by atoms with Crippen LogP contribution >= 0.6 is 0 Å². The first-order valence-corrected chi connectivity index (χ1v) is 8.95. The summed E-state index contributed by atoms with van der Waals surface area (Å²) in [6, 6.07) is 10.8. The molecule has 2 atom stereocenters. The zero-order chi connectivity index (χ0) is 15.0. The molecule has 1 aliphatic carbocycles. The quantitative estimate of drug-likeness (QED) is 0.919. The van der Waals surface area contributed by atoms with E-state index in [1.165, 1.54) is 12.7 Å². The highest BCUT2D eigenvalue weighted by atomic mass is 32.2. The molecule has 0 spiro atoms. The first-order valence-electron chi connectivity index (χ1n) is 7.06. The number of furan rings is 1. The lowest BCUT2D eigenvalue weighted by atomic mass is 10.3. The highest BCUT2D eigenvalue weighted by molar-refractivity contribution is 7.90. The van der Waals surface area contributed by atoms with Gasteiger partial charge >= 0.3 is 0 Å². The van der Waals surface area contributed by atoms with Gasteiger partial charge in [-0.05, 0) is 42.7 Å². The summed E-state index contributed by atoms with van der Waals surface area (Å²) in [7, 11) is -3.18.